The van der Waals surface area contributed by atoms with E-state index < -0.39 is 0 Å². The Morgan fingerprint density at radius 2 is 2.03 bits per heavy atom. The standard InChI is InChI=1S/C23H28ClN3O3S/c1-2-11-25-23(29)27(17-5-6-17)14-22(28)26-12-9-21-19(10-13-31-21)20(26)15-30-18-7-3-16(24)4-8-18/h3-4,7-8,10,13,17,20H,2,5-6,9,11-12,14-15H2,1H3,(H,25,29). The summed E-state index contributed by atoms with van der Waals surface area (Å²) in [5.41, 5.74) is 1.15. The zero-order valence-corrected chi connectivity index (χ0v) is 19.3. The normalized spacial score (nSPS) is 17.7. The minimum atomic E-state index is -0.169. The van der Waals surface area contributed by atoms with Crippen LogP contribution >= 0.6 is 22.9 Å². The van der Waals surface area contributed by atoms with E-state index in [1.54, 1.807) is 28.4 Å². The lowest BCUT2D eigenvalue weighted by Crippen LogP contribution is -2.50. The topological polar surface area (TPSA) is 61.9 Å². The zero-order chi connectivity index (χ0) is 21.8. The Morgan fingerprint density at radius 3 is 2.74 bits per heavy atom. The van der Waals surface area contributed by atoms with E-state index in [9.17, 15) is 9.59 Å². The first kappa shape index (κ1) is 22.0. The molecule has 1 aromatic heterocycles. The molecule has 1 saturated carbocycles. The van der Waals surface area contributed by atoms with Gasteiger partial charge >= 0.3 is 6.03 Å². The van der Waals surface area contributed by atoms with Crippen molar-refractivity contribution in [1.29, 1.82) is 0 Å². The van der Waals surface area contributed by atoms with Gasteiger partial charge in [-0.15, -0.1) is 11.3 Å². The predicted molar refractivity (Wildman–Crippen MR) is 123 cm³/mol. The van der Waals surface area contributed by atoms with Crippen molar-refractivity contribution in [3.63, 3.8) is 0 Å². The average molecular weight is 462 g/mol. The highest BCUT2D eigenvalue weighted by atomic mass is 35.5. The van der Waals surface area contributed by atoms with Crippen LogP contribution in [0.2, 0.25) is 5.02 Å². The highest BCUT2D eigenvalue weighted by molar-refractivity contribution is 7.10. The van der Waals surface area contributed by atoms with Gasteiger partial charge in [0.1, 0.15) is 18.9 Å². The Balaban J connectivity index is 1.47. The molecule has 4 rings (SSSR count). The van der Waals surface area contributed by atoms with Crippen molar-refractivity contribution in [2.24, 2.45) is 0 Å². The first-order valence-corrected chi connectivity index (χ1v) is 12.1. The van der Waals surface area contributed by atoms with Crippen molar-refractivity contribution in [1.82, 2.24) is 15.1 Å². The predicted octanol–water partition coefficient (Wildman–Crippen LogP) is 4.49. The molecule has 1 aromatic carbocycles. The molecular weight excluding hydrogens is 434 g/mol. The number of benzene rings is 1. The van der Waals surface area contributed by atoms with Crippen molar-refractivity contribution in [2.75, 3.05) is 26.2 Å². The molecule has 2 heterocycles. The molecule has 1 fully saturated rings. The molecule has 1 aliphatic heterocycles. The highest BCUT2D eigenvalue weighted by Gasteiger charge is 2.37. The maximum Gasteiger partial charge on any atom is 0.318 e. The van der Waals surface area contributed by atoms with Crippen molar-refractivity contribution in [2.45, 2.75) is 44.7 Å². The lowest BCUT2D eigenvalue weighted by atomic mass is 10.0. The molecule has 166 valence electrons. The largest absolute Gasteiger partial charge is 0.491 e. The number of nitrogens with one attached hydrogen (secondary N) is 1. The van der Waals surface area contributed by atoms with E-state index in [0.717, 1.165) is 37.0 Å². The molecule has 0 bridgehead atoms. The number of urea groups is 1. The Labute approximate surface area is 192 Å². The van der Waals surface area contributed by atoms with Gasteiger partial charge in [0.2, 0.25) is 5.91 Å². The third kappa shape index (κ3) is 5.33. The van der Waals surface area contributed by atoms with Crippen LogP contribution in [0.4, 0.5) is 4.79 Å². The minimum Gasteiger partial charge on any atom is -0.491 e. The first-order valence-electron chi connectivity index (χ1n) is 10.9. The monoisotopic (exact) mass is 461 g/mol. The second kappa shape index (κ2) is 9.92. The number of hydrogen-bond acceptors (Lipinski definition) is 4. The maximum absolute atomic E-state index is 13.4. The molecule has 0 spiro atoms. The summed E-state index contributed by atoms with van der Waals surface area (Å²) in [6.45, 7) is 3.75. The number of carbonyl (C=O) groups is 2. The van der Waals surface area contributed by atoms with E-state index >= 15 is 0 Å². The van der Waals surface area contributed by atoms with Gasteiger partial charge in [-0.2, -0.15) is 0 Å². The van der Waals surface area contributed by atoms with Crippen LogP contribution in [0.1, 0.15) is 42.7 Å². The summed E-state index contributed by atoms with van der Waals surface area (Å²) in [6.07, 6.45) is 3.63. The Bertz CT molecular complexity index is 913. The van der Waals surface area contributed by atoms with Crippen LogP contribution in [0.15, 0.2) is 35.7 Å². The molecular formula is C23H28ClN3O3S. The van der Waals surface area contributed by atoms with E-state index in [1.807, 2.05) is 24.0 Å². The summed E-state index contributed by atoms with van der Waals surface area (Å²) in [7, 11) is 0. The molecule has 2 aliphatic rings. The SMILES string of the molecule is CCCNC(=O)N(CC(=O)N1CCc2sccc2C1COc1ccc(Cl)cc1)C1CC1. The summed E-state index contributed by atoms with van der Waals surface area (Å²) < 4.78 is 6.03. The quantitative estimate of drug-likeness (QED) is 0.630. The molecule has 6 nitrogen and oxygen atoms in total. The zero-order valence-electron chi connectivity index (χ0n) is 17.7. The molecule has 8 heteroatoms. The van der Waals surface area contributed by atoms with Gasteiger partial charge in [0.15, 0.2) is 0 Å². The lowest BCUT2D eigenvalue weighted by molar-refractivity contribution is -0.135. The van der Waals surface area contributed by atoms with Crippen LogP contribution in [0.3, 0.4) is 0 Å². The number of nitrogens with zero attached hydrogens (tertiary/aromatic N) is 2. The van der Waals surface area contributed by atoms with Gasteiger partial charge in [-0.05, 0) is 67.0 Å². The number of amides is 3. The summed E-state index contributed by atoms with van der Waals surface area (Å²) in [4.78, 5) is 30.8. The Hall–Kier alpha value is -2.25. The average Bonchev–Trinajstić information content (AvgIpc) is 3.50. The van der Waals surface area contributed by atoms with Gasteiger partial charge in [0.05, 0.1) is 6.04 Å². The van der Waals surface area contributed by atoms with E-state index in [1.165, 1.54) is 4.88 Å². The summed E-state index contributed by atoms with van der Waals surface area (Å²) in [5, 5.41) is 5.65. The molecule has 0 saturated heterocycles. The number of halogens is 1. The van der Waals surface area contributed by atoms with E-state index in [4.69, 9.17) is 16.3 Å². The molecule has 1 atom stereocenters. The Kier molecular flexibility index (Phi) is 7.02. The lowest BCUT2D eigenvalue weighted by Gasteiger charge is -2.37. The van der Waals surface area contributed by atoms with E-state index in [2.05, 4.69) is 16.8 Å². The number of ether oxygens (including phenoxy) is 1. The number of carbonyl (C=O) groups excluding carboxylic acids is 2. The molecule has 2 aromatic rings. The minimum absolute atomic E-state index is 0.0277. The van der Waals surface area contributed by atoms with E-state index in [0.29, 0.717) is 24.7 Å². The third-order valence-electron chi connectivity index (χ3n) is 5.72. The van der Waals surface area contributed by atoms with Crippen LogP contribution in [0.5, 0.6) is 5.75 Å². The van der Waals surface area contributed by atoms with Gasteiger partial charge in [-0.1, -0.05) is 18.5 Å². The van der Waals surface area contributed by atoms with Gasteiger partial charge in [-0.25, -0.2) is 4.79 Å². The van der Waals surface area contributed by atoms with Crippen molar-refractivity contribution in [3.8, 4) is 5.75 Å². The van der Waals surface area contributed by atoms with Gasteiger partial charge in [0.25, 0.3) is 0 Å². The number of fused-ring (bicyclic) bond motifs is 1. The van der Waals surface area contributed by atoms with Gasteiger partial charge < -0.3 is 19.9 Å². The van der Waals surface area contributed by atoms with Crippen LogP contribution in [-0.2, 0) is 11.2 Å². The summed E-state index contributed by atoms with van der Waals surface area (Å²) >= 11 is 7.69. The fourth-order valence-corrected chi connectivity index (χ4v) is 4.96. The maximum atomic E-state index is 13.4. The molecule has 1 N–H and O–H groups in total. The summed E-state index contributed by atoms with van der Waals surface area (Å²) in [5.74, 6) is 0.692. The molecule has 1 unspecified atom stereocenters. The van der Waals surface area contributed by atoms with Gasteiger partial charge in [-0.3, -0.25) is 4.79 Å². The number of thiophene rings is 1. The molecule has 0 radical (unpaired) electrons. The fraction of sp³-hybridized carbons (Fsp3) is 0.478. The van der Waals surface area contributed by atoms with Crippen LogP contribution < -0.4 is 10.1 Å². The molecule has 31 heavy (non-hydrogen) atoms. The fourth-order valence-electron chi connectivity index (χ4n) is 3.90. The molecule has 1 aliphatic carbocycles. The Morgan fingerprint density at radius 1 is 1.26 bits per heavy atom. The summed E-state index contributed by atoms with van der Waals surface area (Å²) in [6, 6.07) is 9.20. The van der Waals surface area contributed by atoms with Crippen molar-refractivity contribution >= 4 is 34.9 Å². The second-order valence-electron chi connectivity index (χ2n) is 8.01. The van der Waals surface area contributed by atoms with Crippen LogP contribution in [0.25, 0.3) is 0 Å². The third-order valence-corrected chi connectivity index (χ3v) is 6.97. The second-order valence-corrected chi connectivity index (χ2v) is 9.45. The molecule has 3 amide bonds. The highest BCUT2D eigenvalue weighted by Crippen LogP contribution is 2.35. The smallest absolute Gasteiger partial charge is 0.318 e. The first-order chi connectivity index (χ1) is 15.1. The van der Waals surface area contributed by atoms with Crippen molar-refractivity contribution < 1.29 is 14.3 Å². The van der Waals surface area contributed by atoms with Crippen molar-refractivity contribution in [3.05, 3.63) is 51.2 Å². The van der Waals surface area contributed by atoms with Gasteiger partial charge in [0, 0.05) is 29.0 Å². The van der Waals surface area contributed by atoms with E-state index in [-0.39, 0.29) is 30.6 Å². The number of rotatable bonds is 8. The van der Waals surface area contributed by atoms with Crippen LogP contribution in [0, 0.1) is 0 Å². The van der Waals surface area contributed by atoms with Crippen LogP contribution in [-0.4, -0.2) is 54.0 Å². The number of hydrogen-bond donors (Lipinski definition) is 1.